The minimum Gasteiger partial charge on any atom is -0.493 e. The molecule has 0 N–H and O–H groups in total. The molecule has 1 aliphatic rings. The van der Waals surface area contributed by atoms with Gasteiger partial charge in [-0.25, -0.2) is 0 Å². The zero-order chi connectivity index (χ0) is 12.6. The van der Waals surface area contributed by atoms with Crippen LogP contribution in [0.25, 0.3) is 0 Å². The molecule has 1 saturated carbocycles. The smallest absolute Gasteiger partial charge is 0.123 e. The minimum absolute atomic E-state index is 0.106. The summed E-state index contributed by atoms with van der Waals surface area (Å²) in [6, 6.07) is 4.20. The van der Waals surface area contributed by atoms with Gasteiger partial charge in [0.1, 0.15) is 5.75 Å². The number of hydrogen-bond donors (Lipinski definition) is 0. The standard InChI is InChI=1S/C15H21ClO/c1-10-13(16)7-12(15(2,3)4)8-14(10)17-9-11-5-6-11/h7-8,11H,5-6,9H2,1-4H3. The maximum absolute atomic E-state index is 6.28. The van der Waals surface area contributed by atoms with E-state index in [0.29, 0.717) is 0 Å². The average Bonchev–Trinajstić information content (AvgIpc) is 3.02. The van der Waals surface area contributed by atoms with Gasteiger partial charge in [-0.2, -0.15) is 0 Å². The highest BCUT2D eigenvalue weighted by Gasteiger charge is 2.23. The first-order valence-electron chi connectivity index (χ1n) is 6.31. The van der Waals surface area contributed by atoms with E-state index in [9.17, 15) is 0 Å². The van der Waals surface area contributed by atoms with Gasteiger partial charge >= 0.3 is 0 Å². The monoisotopic (exact) mass is 252 g/mol. The predicted molar refractivity (Wildman–Crippen MR) is 73.1 cm³/mol. The lowest BCUT2D eigenvalue weighted by molar-refractivity contribution is 0.297. The molecule has 2 rings (SSSR count). The molecule has 0 radical (unpaired) electrons. The van der Waals surface area contributed by atoms with Crippen molar-refractivity contribution in [2.45, 2.75) is 46.0 Å². The van der Waals surface area contributed by atoms with Crippen LogP contribution in [0.2, 0.25) is 5.02 Å². The maximum atomic E-state index is 6.28. The Hall–Kier alpha value is -0.690. The van der Waals surface area contributed by atoms with Crippen molar-refractivity contribution in [1.29, 1.82) is 0 Å². The molecule has 0 amide bonds. The highest BCUT2D eigenvalue weighted by molar-refractivity contribution is 6.31. The van der Waals surface area contributed by atoms with Gasteiger partial charge in [0.2, 0.25) is 0 Å². The van der Waals surface area contributed by atoms with Crippen molar-refractivity contribution in [3.63, 3.8) is 0 Å². The molecule has 1 nitrogen and oxygen atoms in total. The van der Waals surface area contributed by atoms with Crippen LogP contribution in [0.3, 0.4) is 0 Å². The van der Waals surface area contributed by atoms with Crippen LogP contribution in [0.4, 0.5) is 0 Å². The van der Waals surface area contributed by atoms with Crippen molar-refractivity contribution in [2.75, 3.05) is 6.61 Å². The van der Waals surface area contributed by atoms with E-state index in [4.69, 9.17) is 16.3 Å². The van der Waals surface area contributed by atoms with Crippen LogP contribution in [0, 0.1) is 12.8 Å². The molecule has 0 saturated heterocycles. The number of hydrogen-bond acceptors (Lipinski definition) is 1. The van der Waals surface area contributed by atoms with Gasteiger partial charge in [0.25, 0.3) is 0 Å². The molecular formula is C15H21ClO. The van der Waals surface area contributed by atoms with Crippen LogP contribution in [0.15, 0.2) is 12.1 Å². The van der Waals surface area contributed by atoms with E-state index < -0.39 is 0 Å². The maximum Gasteiger partial charge on any atom is 0.123 e. The first-order valence-corrected chi connectivity index (χ1v) is 6.69. The van der Waals surface area contributed by atoms with Crippen LogP contribution in [0.1, 0.15) is 44.7 Å². The summed E-state index contributed by atoms with van der Waals surface area (Å²) in [5.41, 5.74) is 2.40. The van der Waals surface area contributed by atoms with E-state index in [2.05, 4.69) is 32.9 Å². The fourth-order valence-corrected chi connectivity index (χ4v) is 1.94. The molecule has 0 unspecified atom stereocenters. The Kier molecular flexibility index (Phi) is 3.40. The van der Waals surface area contributed by atoms with Crippen LogP contribution < -0.4 is 4.74 Å². The summed E-state index contributed by atoms with van der Waals surface area (Å²) in [5, 5.41) is 0.809. The van der Waals surface area contributed by atoms with E-state index in [0.717, 1.165) is 28.9 Å². The van der Waals surface area contributed by atoms with Gasteiger partial charge in [-0.15, -0.1) is 0 Å². The van der Waals surface area contributed by atoms with Gasteiger partial charge in [0.15, 0.2) is 0 Å². The summed E-state index contributed by atoms with van der Waals surface area (Å²) in [4.78, 5) is 0. The van der Waals surface area contributed by atoms with E-state index in [1.165, 1.54) is 18.4 Å². The van der Waals surface area contributed by atoms with Crippen LogP contribution in [-0.4, -0.2) is 6.61 Å². The van der Waals surface area contributed by atoms with Gasteiger partial charge in [-0.1, -0.05) is 32.4 Å². The first kappa shape index (κ1) is 12.8. The highest BCUT2D eigenvalue weighted by atomic mass is 35.5. The lowest BCUT2D eigenvalue weighted by Crippen LogP contribution is -2.12. The van der Waals surface area contributed by atoms with Crippen molar-refractivity contribution in [2.24, 2.45) is 5.92 Å². The molecule has 0 atom stereocenters. The Morgan fingerprint density at radius 2 is 1.94 bits per heavy atom. The second kappa shape index (κ2) is 4.53. The van der Waals surface area contributed by atoms with Crippen molar-refractivity contribution in [3.8, 4) is 5.75 Å². The highest BCUT2D eigenvalue weighted by Crippen LogP contribution is 2.35. The Balaban J connectivity index is 2.25. The number of ether oxygens (including phenoxy) is 1. The average molecular weight is 253 g/mol. The molecular weight excluding hydrogens is 232 g/mol. The van der Waals surface area contributed by atoms with Crippen LogP contribution in [0.5, 0.6) is 5.75 Å². The zero-order valence-corrected chi connectivity index (χ0v) is 11.9. The molecule has 0 spiro atoms. The summed E-state index contributed by atoms with van der Waals surface area (Å²) in [7, 11) is 0. The molecule has 1 aromatic rings. The molecule has 0 aromatic heterocycles. The van der Waals surface area contributed by atoms with E-state index >= 15 is 0 Å². The van der Waals surface area contributed by atoms with Gasteiger partial charge in [0, 0.05) is 10.6 Å². The van der Waals surface area contributed by atoms with E-state index in [-0.39, 0.29) is 5.41 Å². The van der Waals surface area contributed by atoms with Crippen molar-refractivity contribution in [1.82, 2.24) is 0 Å². The van der Waals surface area contributed by atoms with Gasteiger partial charge in [0.05, 0.1) is 6.61 Å². The SMILES string of the molecule is Cc1c(Cl)cc(C(C)(C)C)cc1OCC1CC1. The summed E-state index contributed by atoms with van der Waals surface area (Å²) < 4.78 is 5.89. The minimum atomic E-state index is 0.106. The molecule has 0 heterocycles. The largest absolute Gasteiger partial charge is 0.493 e. The summed E-state index contributed by atoms with van der Waals surface area (Å²) in [6.07, 6.45) is 2.62. The Bertz CT molecular complexity index is 414. The fraction of sp³-hybridized carbons (Fsp3) is 0.600. The van der Waals surface area contributed by atoms with Gasteiger partial charge in [-0.3, -0.25) is 0 Å². The second-order valence-electron chi connectivity index (χ2n) is 6.09. The second-order valence-corrected chi connectivity index (χ2v) is 6.49. The summed E-state index contributed by atoms with van der Waals surface area (Å²) in [5.74, 6) is 1.72. The van der Waals surface area contributed by atoms with Crippen LogP contribution in [-0.2, 0) is 5.41 Å². The zero-order valence-electron chi connectivity index (χ0n) is 11.1. The van der Waals surface area contributed by atoms with Gasteiger partial charge in [-0.05, 0) is 48.8 Å². The summed E-state index contributed by atoms with van der Waals surface area (Å²) >= 11 is 6.28. The predicted octanol–water partition coefficient (Wildman–Crippen LogP) is 4.73. The fourth-order valence-electron chi connectivity index (χ4n) is 1.73. The van der Waals surface area contributed by atoms with E-state index in [1.807, 2.05) is 6.92 Å². The third-order valence-electron chi connectivity index (χ3n) is 3.33. The molecule has 0 aliphatic heterocycles. The third kappa shape index (κ3) is 3.16. The van der Waals surface area contributed by atoms with Crippen LogP contribution >= 0.6 is 11.6 Å². The van der Waals surface area contributed by atoms with E-state index in [1.54, 1.807) is 0 Å². The molecule has 17 heavy (non-hydrogen) atoms. The Morgan fingerprint density at radius 1 is 1.29 bits per heavy atom. The third-order valence-corrected chi connectivity index (χ3v) is 3.73. The quantitative estimate of drug-likeness (QED) is 0.755. The molecule has 1 aliphatic carbocycles. The Labute approximate surface area is 109 Å². The molecule has 2 heteroatoms. The number of benzene rings is 1. The summed E-state index contributed by atoms with van der Waals surface area (Å²) in [6.45, 7) is 9.44. The van der Waals surface area contributed by atoms with Crippen molar-refractivity contribution >= 4 is 11.6 Å². The molecule has 0 bridgehead atoms. The molecule has 1 fully saturated rings. The molecule has 94 valence electrons. The lowest BCUT2D eigenvalue weighted by Gasteiger charge is -2.21. The normalized spacial score (nSPS) is 16.1. The molecule has 1 aromatic carbocycles. The number of halogens is 1. The number of rotatable bonds is 3. The lowest BCUT2D eigenvalue weighted by atomic mass is 9.86. The van der Waals surface area contributed by atoms with Crippen molar-refractivity contribution in [3.05, 3.63) is 28.3 Å². The Morgan fingerprint density at radius 3 is 2.47 bits per heavy atom. The van der Waals surface area contributed by atoms with Crippen molar-refractivity contribution < 1.29 is 4.74 Å². The topological polar surface area (TPSA) is 9.23 Å². The van der Waals surface area contributed by atoms with Gasteiger partial charge < -0.3 is 4.74 Å². The first-order chi connectivity index (χ1) is 7.88.